The van der Waals surface area contributed by atoms with Crippen molar-refractivity contribution in [3.63, 3.8) is 0 Å². The van der Waals surface area contributed by atoms with E-state index < -0.39 is 17.2 Å². The van der Waals surface area contributed by atoms with Crippen molar-refractivity contribution in [2.45, 2.75) is 6.92 Å². The van der Waals surface area contributed by atoms with E-state index in [0.717, 1.165) is 10.8 Å². The first-order valence-electron chi connectivity index (χ1n) is 3.20. The minimum Gasteiger partial charge on any atom is -0.273 e. The van der Waals surface area contributed by atoms with Crippen LogP contribution in [-0.4, -0.2) is 20.3 Å². The van der Waals surface area contributed by atoms with Crippen molar-refractivity contribution >= 4 is 5.91 Å². The molecule has 6 heteroatoms. The number of aromatic nitrogens is 3. The maximum Gasteiger partial charge on any atom is 0.354 e. The van der Waals surface area contributed by atoms with Gasteiger partial charge in [-0.3, -0.25) is 14.2 Å². The van der Waals surface area contributed by atoms with Gasteiger partial charge in [0.1, 0.15) is 6.20 Å². The van der Waals surface area contributed by atoms with E-state index in [1.54, 1.807) is 0 Å². The van der Waals surface area contributed by atoms with Crippen LogP contribution in [0.1, 0.15) is 11.7 Å². The largest absolute Gasteiger partial charge is 0.354 e. The number of nitrogens with zero attached hydrogens (tertiary/aromatic N) is 3. The highest BCUT2D eigenvalue weighted by Gasteiger charge is 2.04. The molecule has 1 heterocycles. The van der Waals surface area contributed by atoms with Crippen LogP contribution in [-0.2, 0) is 7.05 Å². The summed E-state index contributed by atoms with van der Waals surface area (Å²) in [5.74, 6) is -0.518. The lowest BCUT2D eigenvalue weighted by atomic mass is 10.7. The van der Waals surface area contributed by atoms with Crippen molar-refractivity contribution in [1.82, 2.24) is 14.3 Å². The zero-order valence-electron chi connectivity index (χ0n) is 6.64. The van der Waals surface area contributed by atoms with Gasteiger partial charge in [-0.15, -0.1) is 4.68 Å². The Labute approximate surface area is 67.1 Å². The van der Waals surface area contributed by atoms with Gasteiger partial charge in [-0.2, -0.15) is 5.10 Å². The van der Waals surface area contributed by atoms with Gasteiger partial charge >= 0.3 is 5.69 Å². The molecule has 0 spiro atoms. The van der Waals surface area contributed by atoms with Crippen LogP contribution in [0.4, 0.5) is 0 Å². The fourth-order valence-electron chi connectivity index (χ4n) is 0.695. The average molecular weight is 169 g/mol. The summed E-state index contributed by atoms with van der Waals surface area (Å²) in [6.07, 6.45) is 0.919. The summed E-state index contributed by atoms with van der Waals surface area (Å²) < 4.78 is 1.44. The van der Waals surface area contributed by atoms with Crippen LogP contribution >= 0.6 is 0 Å². The van der Waals surface area contributed by atoms with Crippen LogP contribution in [0.25, 0.3) is 0 Å². The lowest BCUT2D eigenvalue weighted by molar-refractivity contribution is 0.0910. The van der Waals surface area contributed by atoms with Gasteiger partial charge in [-0.1, -0.05) is 0 Å². The third-order valence-electron chi connectivity index (χ3n) is 1.38. The van der Waals surface area contributed by atoms with Crippen molar-refractivity contribution < 1.29 is 4.79 Å². The minimum absolute atomic E-state index is 0.518. The normalized spacial score (nSPS) is 9.83. The molecule has 0 aromatic carbocycles. The molecule has 0 N–H and O–H groups in total. The Morgan fingerprint density at radius 2 is 2.08 bits per heavy atom. The first-order chi connectivity index (χ1) is 5.54. The van der Waals surface area contributed by atoms with E-state index in [4.69, 9.17) is 0 Å². The Hall–Kier alpha value is -1.72. The van der Waals surface area contributed by atoms with Gasteiger partial charge in [0, 0.05) is 14.0 Å². The van der Waals surface area contributed by atoms with Crippen LogP contribution in [0.15, 0.2) is 15.8 Å². The lowest BCUT2D eigenvalue weighted by Crippen LogP contribution is -2.40. The summed E-state index contributed by atoms with van der Waals surface area (Å²) in [5.41, 5.74) is -1.26. The Bertz CT molecular complexity index is 428. The van der Waals surface area contributed by atoms with Crippen LogP contribution < -0.4 is 11.2 Å². The highest BCUT2D eigenvalue weighted by Crippen LogP contribution is 1.69. The Morgan fingerprint density at radius 3 is 2.58 bits per heavy atom. The molecule has 0 aliphatic rings. The molecular weight excluding hydrogens is 162 g/mol. The number of rotatable bonds is 0. The third kappa shape index (κ3) is 1.18. The SMILES string of the molecule is CC(=O)n1ncc(=O)n(C)c1=O. The van der Waals surface area contributed by atoms with Crippen molar-refractivity contribution in [2.75, 3.05) is 0 Å². The van der Waals surface area contributed by atoms with Gasteiger partial charge in [0.05, 0.1) is 0 Å². The van der Waals surface area contributed by atoms with Crippen molar-refractivity contribution in [1.29, 1.82) is 0 Å². The molecule has 0 bridgehead atoms. The van der Waals surface area contributed by atoms with E-state index >= 15 is 0 Å². The second kappa shape index (κ2) is 2.72. The second-order valence-electron chi connectivity index (χ2n) is 2.26. The zero-order valence-corrected chi connectivity index (χ0v) is 6.64. The maximum atomic E-state index is 11.1. The molecule has 6 nitrogen and oxygen atoms in total. The van der Waals surface area contributed by atoms with E-state index in [1.807, 2.05) is 0 Å². The molecule has 0 aliphatic carbocycles. The summed E-state index contributed by atoms with van der Waals surface area (Å²) in [5, 5.41) is 3.36. The summed E-state index contributed by atoms with van der Waals surface area (Å²) >= 11 is 0. The molecular formula is C6H7N3O3. The highest BCUT2D eigenvalue weighted by atomic mass is 16.2. The first kappa shape index (κ1) is 8.38. The van der Waals surface area contributed by atoms with Gasteiger partial charge in [-0.25, -0.2) is 4.79 Å². The van der Waals surface area contributed by atoms with Gasteiger partial charge in [0.2, 0.25) is 5.91 Å². The third-order valence-corrected chi connectivity index (χ3v) is 1.38. The molecule has 0 radical (unpaired) electrons. The summed E-state index contributed by atoms with van der Waals surface area (Å²) in [4.78, 5) is 32.6. The molecule has 0 fully saturated rings. The van der Waals surface area contributed by atoms with E-state index in [-0.39, 0.29) is 0 Å². The van der Waals surface area contributed by atoms with Gasteiger partial charge in [-0.05, 0) is 0 Å². The fraction of sp³-hybridized carbons (Fsp3) is 0.333. The van der Waals surface area contributed by atoms with Gasteiger partial charge < -0.3 is 0 Å². The Morgan fingerprint density at radius 1 is 1.50 bits per heavy atom. The predicted octanol–water partition coefficient (Wildman–Crippen LogP) is -1.40. The summed E-state index contributed by atoms with van der Waals surface area (Å²) in [6.45, 7) is 1.19. The van der Waals surface area contributed by atoms with E-state index in [0.29, 0.717) is 4.68 Å². The Kier molecular flexibility index (Phi) is 1.90. The molecule has 1 aromatic heterocycles. The zero-order chi connectivity index (χ0) is 9.30. The monoisotopic (exact) mass is 169 g/mol. The molecule has 1 aromatic rings. The van der Waals surface area contributed by atoms with Gasteiger partial charge in [0.15, 0.2) is 0 Å². The van der Waals surface area contributed by atoms with Crippen LogP contribution in [0, 0.1) is 0 Å². The molecule has 64 valence electrons. The first-order valence-corrected chi connectivity index (χ1v) is 3.20. The van der Waals surface area contributed by atoms with Crippen LogP contribution in [0.3, 0.4) is 0 Å². The quantitative estimate of drug-likeness (QED) is 0.478. The highest BCUT2D eigenvalue weighted by molar-refractivity contribution is 5.74. The number of carbonyl (C=O) groups is 1. The summed E-state index contributed by atoms with van der Waals surface area (Å²) in [6, 6.07) is 0. The lowest BCUT2D eigenvalue weighted by Gasteiger charge is -1.98. The molecule has 0 atom stereocenters. The molecule has 0 amide bonds. The van der Waals surface area contributed by atoms with Gasteiger partial charge in [0.25, 0.3) is 5.56 Å². The second-order valence-corrected chi connectivity index (χ2v) is 2.26. The molecule has 0 aliphatic heterocycles. The van der Waals surface area contributed by atoms with Crippen LogP contribution in [0.5, 0.6) is 0 Å². The van der Waals surface area contributed by atoms with E-state index in [9.17, 15) is 14.4 Å². The number of hydrogen-bond donors (Lipinski definition) is 0. The molecule has 0 unspecified atom stereocenters. The number of hydrogen-bond acceptors (Lipinski definition) is 4. The van der Waals surface area contributed by atoms with Crippen molar-refractivity contribution in [3.05, 3.63) is 27.0 Å². The molecule has 0 saturated heterocycles. The van der Waals surface area contributed by atoms with E-state index in [1.165, 1.54) is 14.0 Å². The fourth-order valence-corrected chi connectivity index (χ4v) is 0.695. The maximum absolute atomic E-state index is 11.1. The van der Waals surface area contributed by atoms with Crippen molar-refractivity contribution in [2.24, 2.45) is 7.05 Å². The number of carbonyl (C=O) groups excluding carboxylic acids is 1. The Balaban J connectivity index is 3.58. The van der Waals surface area contributed by atoms with Crippen LogP contribution in [0.2, 0.25) is 0 Å². The predicted molar refractivity (Wildman–Crippen MR) is 40.0 cm³/mol. The smallest absolute Gasteiger partial charge is 0.273 e. The summed E-state index contributed by atoms with van der Waals surface area (Å²) in [7, 11) is 1.28. The minimum atomic E-state index is -0.727. The van der Waals surface area contributed by atoms with Crippen molar-refractivity contribution in [3.8, 4) is 0 Å². The topological polar surface area (TPSA) is 74.0 Å². The molecule has 12 heavy (non-hydrogen) atoms. The molecule has 0 saturated carbocycles. The standard InChI is InChI=1S/C6H7N3O3/c1-4(10)9-6(12)8(2)5(11)3-7-9/h3H,1-2H3. The van der Waals surface area contributed by atoms with E-state index in [2.05, 4.69) is 5.10 Å². The molecule has 1 rings (SSSR count). The average Bonchev–Trinajstić information content (AvgIpc) is 2.00.